The summed E-state index contributed by atoms with van der Waals surface area (Å²) >= 11 is 0. The molecular weight excluding hydrogens is 348 g/mol. The fraction of sp³-hybridized carbons (Fsp3) is 0.458. The highest BCUT2D eigenvalue weighted by atomic mass is 16.1. The monoisotopic (exact) mass is 374 g/mol. The van der Waals surface area contributed by atoms with Crippen LogP contribution in [0, 0.1) is 22.2 Å². The van der Waals surface area contributed by atoms with E-state index in [9.17, 15) is 9.59 Å². The van der Waals surface area contributed by atoms with Gasteiger partial charge < -0.3 is 5.32 Å². The predicted octanol–water partition coefficient (Wildman–Crippen LogP) is 4.53. The number of benzene rings is 1. The summed E-state index contributed by atoms with van der Waals surface area (Å²) in [7, 11) is 0. The molecule has 0 atom stereocenters. The molecule has 1 heterocycles. The number of carbonyl (C=O) groups is 2. The lowest BCUT2D eigenvalue weighted by atomic mass is 9.64. The SMILES string of the molecule is CC1(C)CC(=O)C2=C(C1)NC1=C(C(=O)CC(C)(C)C1)C2c1ccc(C#N)cc1. The van der Waals surface area contributed by atoms with E-state index >= 15 is 0 Å². The van der Waals surface area contributed by atoms with Crippen LogP contribution in [0.25, 0.3) is 0 Å². The topological polar surface area (TPSA) is 70.0 Å². The maximum Gasteiger partial charge on any atom is 0.162 e. The van der Waals surface area contributed by atoms with Crippen molar-refractivity contribution in [1.82, 2.24) is 5.32 Å². The van der Waals surface area contributed by atoms with Crippen molar-refractivity contribution in [2.24, 2.45) is 10.8 Å². The molecular formula is C24H26N2O2. The molecule has 2 aliphatic carbocycles. The second kappa shape index (κ2) is 6.17. The third kappa shape index (κ3) is 3.09. The van der Waals surface area contributed by atoms with Crippen LogP contribution in [-0.4, -0.2) is 11.6 Å². The van der Waals surface area contributed by atoms with Crippen LogP contribution >= 0.6 is 0 Å². The highest BCUT2D eigenvalue weighted by Gasteiger charge is 2.46. The highest BCUT2D eigenvalue weighted by molar-refractivity contribution is 6.06. The first-order valence-electron chi connectivity index (χ1n) is 9.90. The lowest BCUT2D eigenvalue weighted by Gasteiger charge is -2.44. The Morgan fingerprint density at radius 3 is 1.75 bits per heavy atom. The number of nitrogens with zero attached hydrogens (tertiary/aromatic N) is 1. The molecule has 0 bridgehead atoms. The van der Waals surface area contributed by atoms with Gasteiger partial charge >= 0.3 is 0 Å². The van der Waals surface area contributed by atoms with Crippen molar-refractivity contribution >= 4 is 11.6 Å². The van der Waals surface area contributed by atoms with Crippen molar-refractivity contribution in [3.8, 4) is 6.07 Å². The van der Waals surface area contributed by atoms with Crippen LogP contribution in [0.15, 0.2) is 46.8 Å². The molecule has 3 aliphatic rings. The van der Waals surface area contributed by atoms with Crippen molar-refractivity contribution in [2.75, 3.05) is 0 Å². The van der Waals surface area contributed by atoms with Crippen molar-refractivity contribution in [2.45, 2.75) is 59.3 Å². The molecule has 1 aromatic rings. The van der Waals surface area contributed by atoms with Gasteiger partial charge in [0.05, 0.1) is 11.6 Å². The number of carbonyl (C=O) groups excluding carboxylic acids is 2. The van der Waals surface area contributed by atoms with Gasteiger partial charge in [0.25, 0.3) is 0 Å². The van der Waals surface area contributed by atoms with E-state index in [0.717, 1.165) is 40.9 Å². The smallest absolute Gasteiger partial charge is 0.162 e. The third-order valence-electron chi connectivity index (χ3n) is 6.09. The molecule has 0 fully saturated rings. The summed E-state index contributed by atoms with van der Waals surface area (Å²) in [5.74, 6) is -0.0826. The zero-order valence-electron chi connectivity index (χ0n) is 17.0. The number of allylic oxidation sites excluding steroid dienone is 4. The van der Waals surface area contributed by atoms with Gasteiger partial charge in [-0.15, -0.1) is 0 Å². The molecule has 1 aliphatic heterocycles. The van der Waals surface area contributed by atoms with E-state index in [0.29, 0.717) is 18.4 Å². The van der Waals surface area contributed by atoms with E-state index in [-0.39, 0.29) is 28.3 Å². The number of dihydropyridines is 1. The number of nitrogens with one attached hydrogen (secondary N) is 1. The van der Waals surface area contributed by atoms with Gasteiger partial charge in [0, 0.05) is 41.3 Å². The van der Waals surface area contributed by atoms with Gasteiger partial charge in [0.1, 0.15) is 0 Å². The molecule has 1 N–H and O–H groups in total. The summed E-state index contributed by atoms with van der Waals surface area (Å²) in [6, 6.07) is 9.46. The predicted molar refractivity (Wildman–Crippen MR) is 107 cm³/mol. The average molecular weight is 374 g/mol. The average Bonchev–Trinajstić information content (AvgIpc) is 2.57. The molecule has 1 aromatic carbocycles. The Kier molecular flexibility index (Phi) is 4.12. The quantitative estimate of drug-likeness (QED) is 0.784. The van der Waals surface area contributed by atoms with E-state index < -0.39 is 0 Å². The lowest BCUT2D eigenvalue weighted by Crippen LogP contribution is -2.42. The molecule has 4 rings (SSSR count). The maximum atomic E-state index is 13.2. The number of nitriles is 1. The zero-order chi connectivity index (χ0) is 20.3. The minimum absolute atomic E-state index is 0.0929. The first kappa shape index (κ1) is 18.7. The Morgan fingerprint density at radius 2 is 1.32 bits per heavy atom. The van der Waals surface area contributed by atoms with Crippen molar-refractivity contribution in [1.29, 1.82) is 5.26 Å². The molecule has 28 heavy (non-hydrogen) atoms. The third-order valence-corrected chi connectivity index (χ3v) is 6.09. The van der Waals surface area contributed by atoms with Crippen LogP contribution in [0.2, 0.25) is 0 Å². The largest absolute Gasteiger partial charge is 0.362 e. The molecule has 0 aromatic heterocycles. The van der Waals surface area contributed by atoms with Gasteiger partial charge in [-0.1, -0.05) is 39.8 Å². The Bertz CT molecular complexity index is 932. The summed E-state index contributed by atoms with van der Waals surface area (Å²) in [4.78, 5) is 26.4. The lowest BCUT2D eigenvalue weighted by molar-refractivity contribution is -0.119. The minimum Gasteiger partial charge on any atom is -0.362 e. The van der Waals surface area contributed by atoms with Crippen molar-refractivity contribution in [3.63, 3.8) is 0 Å². The molecule has 0 saturated heterocycles. The van der Waals surface area contributed by atoms with Gasteiger partial charge in [0.15, 0.2) is 11.6 Å². The second-order valence-corrected chi connectivity index (χ2v) is 9.96. The van der Waals surface area contributed by atoms with Gasteiger partial charge in [-0.05, 0) is 41.4 Å². The van der Waals surface area contributed by atoms with E-state index in [2.05, 4.69) is 39.1 Å². The summed E-state index contributed by atoms with van der Waals surface area (Å²) in [6.45, 7) is 8.47. The van der Waals surface area contributed by atoms with Gasteiger partial charge in [0.2, 0.25) is 0 Å². The van der Waals surface area contributed by atoms with Crippen LogP contribution in [-0.2, 0) is 9.59 Å². The van der Waals surface area contributed by atoms with E-state index in [1.807, 2.05) is 12.1 Å². The molecule has 0 saturated carbocycles. The van der Waals surface area contributed by atoms with Crippen LogP contribution in [0.3, 0.4) is 0 Å². The van der Waals surface area contributed by atoms with E-state index in [4.69, 9.17) is 5.26 Å². The first-order chi connectivity index (χ1) is 13.1. The number of Topliss-reactive ketones (excluding diaryl/α,β-unsaturated/α-hetero) is 2. The number of hydrogen-bond donors (Lipinski definition) is 1. The summed E-state index contributed by atoms with van der Waals surface area (Å²) < 4.78 is 0. The molecule has 0 spiro atoms. The van der Waals surface area contributed by atoms with E-state index in [1.54, 1.807) is 12.1 Å². The van der Waals surface area contributed by atoms with Crippen LogP contribution in [0.5, 0.6) is 0 Å². The van der Waals surface area contributed by atoms with Crippen molar-refractivity contribution < 1.29 is 9.59 Å². The number of hydrogen-bond acceptors (Lipinski definition) is 4. The van der Waals surface area contributed by atoms with Crippen LogP contribution in [0.1, 0.15) is 70.4 Å². The Labute approximate surface area is 166 Å². The number of ketones is 2. The van der Waals surface area contributed by atoms with E-state index in [1.165, 1.54) is 0 Å². The summed E-state index contributed by atoms with van der Waals surface area (Å²) in [5, 5.41) is 12.6. The van der Waals surface area contributed by atoms with Crippen LogP contribution < -0.4 is 5.32 Å². The fourth-order valence-corrected chi connectivity index (χ4v) is 4.97. The fourth-order valence-electron chi connectivity index (χ4n) is 4.97. The Hall–Kier alpha value is -2.67. The molecule has 4 heteroatoms. The highest BCUT2D eigenvalue weighted by Crippen LogP contribution is 2.50. The Morgan fingerprint density at radius 1 is 0.857 bits per heavy atom. The van der Waals surface area contributed by atoms with Gasteiger partial charge in [-0.2, -0.15) is 5.26 Å². The number of rotatable bonds is 1. The standard InChI is InChI=1S/C24H26N2O2/c1-23(2)9-16-21(18(27)11-23)20(15-7-5-14(13-25)6-8-15)22-17(26-16)10-24(3,4)12-19(22)28/h5-8,20,26H,9-12H2,1-4H3. The van der Waals surface area contributed by atoms with Gasteiger partial charge in [-0.25, -0.2) is 0 Å². The minimum atomic E-state index is -0.328. The molecule has 0 unspecified atom stereocenters. The summed E-state index contributed by atoms with van der Waals surface area (Å²) in [6.07, 6.45) is 2.57. The second-order valence-electron chi connectivity index (χ2n) is 9.96. The maximum absolute atomic E-state index is 13.2. The zero-order valence-corrected chi connectivity index (χ0v) is 17.0. The first-order valence-corrected chi connectivity index (χ1v) is 9.90. The van der Waals surface area contributed by atoms with Crippen molar-refractivity contribution in [3.05, 3.63) is 57.9 Å². The normalized spacial score (nSPS) is 23.7. The molecule has 144 valence electrons. The summed E-state index contributed by atoms with van der Waals surface area (Å²) in [5.41, 5.74) is 4.75. The molecule has 0 radical (unpaired) electrons. The molecule has 4 nitrogen and oxygen atoms in total. The van der Waals surface area contributed by atoms with Gasteiger partial charge in [-0.3, -0.25) is 9.59 Å². The Balaban J connectivity index is 1.90. The molecule has 0 amide bonds. The van der Waals surface area contributed by atoms with Crippen LogP contribution in [0.4, 0.5) is 0 Å².